The first-order chi connectivity index (χ1) is 15.2. The Morgan fingerprint density at radius 3 is 1.66 bits per heavy atom. The van der Waals surface area contributed by atoms with Crippen LogP contribution in [-0.4, -0.2) is 109 Å². The van der Waals surface area contributed by atoms with Gasteiger partial charge in [-0.05, 0) is 40.5 Å². The number of rotatable bonds is 3. The van der Waals surface area contributed by atoms with Gasteiger partial charge in [-0.15, -0.1) is 12.8 Å². The SMILES string of the molecule is C#CCN1CCCN(C(=O)OC(C)(C)C)CCN(CC#C)CCCN(C(=O)OCC)CC1. The second-order valence-electron chi connectivity index (χ2n) is 8.82. The van der Waals surface area contributed by atoms with E-state index >= 15 is 0 Å². The molecule has 0 unspecified atom stereocenters. The van der Waals surface area contributed by atoms with Crippen LogP contribution in [0.15, 0.2) is 0 Å². The van der Waals surface area contributed by atoms with Crippen LogP contribution >= 0.6 is 0 Å². The summed E-state index contributed by atoms with van der Waals surface area (Å²) in [6, 6.07) is 0. The van der Waals surface area contributed by atoms with Gasteiger partial charge in [-0.3, -0.25) is 9.80 Å². The van der Waals surface area contributed by atoms with Crippen molar-refractivity contribution in [1.29, 1.82) is 0 Å². The zero-order valence-corrected chi connectivity index (χ0v) is 20.3. The quantitative estimate of drug-likeness (QED) is 0.618. The number of carbonyl (C=O) groups is 2. The molecular formula is C24H40N4O4. The maximum Gasteiger partial charge on any atom is 0.410 e. The number of amides is 2. The second kappa shape index (κ2) is 14.6. The number of carbonyl (C=O) groups excluding carboxylic acids is 2. The number of nitrogens with zero attached hydrogens (tertiary/aromatic N) is 4. The third-order valence-electron chi connectivity index (χ3n) is 4.98. The number of hydrogen-bond acceptors (Lipinski definition) is 6. The number of terminal acetylenes is 2. The molecule has 0 atom stereocenters. The van der Waals surface area contributed by atoms with E-state index in [4.69, 9.17) is 22.3 Å². The van der Waals surface area contributed by atoms with Crippen LogP contribution in [0.5, 0.6) is 0 Å². The lowest BCUT2D eigenvalue weighted by molar-refractivity contribution is 0.0224. The van der Waals surface area contributed by atoms with E-state index in [2.05, 4.69) is 21.6 Å². The predicted molar refractivity (Wildman–Crippen MR) is 126 cm³/mol. The Labute approximate surface area is 194 Å². The van der Waals surface area contributed by atoms with Crippen LogP contribution in [-0.2, 0) is 9.47 Å². The summed E-state index contributed by atoms with van der Waals surface area (Å²) in [4.78, 5) is 32.9. The molecule has 0 spiro atoms. The van der Waals surface area contributed by atoms with Crippen molar-refractivity contribution in [2.45, 2.75) is 46.1 Å². The van der Waals surface area contributed by atoms with Crippen molar-refractivity contribution in [3.05, 3.63) is 0 Å². The summed E-state index contributed by atoms with van der Waals surface area (Å²) in [7, 11) is 0. The Balaban J connectivity index is 2.94. The first kappa shape index (κ1) is 27.6. The summed E-state index contributed by atoms with van der Waals surface area (Å²) in [6.45, 7) is 13.6. The summed E-state index contributed by atoms with van der Waals surface area (Å²) in [5, 5.41) is 0. The van der Waals surface area contributed by atoms with Crippen molar-refractivity contribution in [2.24, 2.45) is 0 Å². The minimum Gasteiger partial charge on any atom is -0.450 e. The smallest absolute Gasteiger partial charge is 0.410 e. The predicted octanol–water partition coefficient (Wildman–Crippen LogP) is 2.35. The summed E-state index contributed by atoms with van der Waals surface area (Å²) in [5.74, 6) is 5.38. The van der Waals surface area contributed by atoms with Crippen molar-refractivity contribution < 1.29 is 19.1 Å². The van der Waals surface area contributed by atoms with Gasteiger partial charge >= 0.3 is 12.2 Å². The molecule has 1 aliphatic rings. The maximum atomic E-state index is 12.7. The first-order valence-corrected chi connectivity index (χ1v) is 11.4. The molecule has 32 heavy (non-hydrogen) atoms. The fourth-order valence-electron chi connectivity index (χ4n) is 3.42. The second-order valence-corrected chi connectivity index (χ2v) is 8.82. The van der Waals surface area contributed by atoms with Crippen LogP contribution in [0.3, 0.4) is 0 Å². The average Bonchev–Trinajstić information content (AvgIpc) is 2.70. The molecule has 0 N–H and O–H groups in total. The van der Waals surface area contributed by atoms with E-state index in [0.717, 1.165) is 19.4 Å². The van der Waals surface area contributed by atoms with Crippen molar-refractivity contribution in [3.8, 4) is 24.7 Å². The van der Waals surface area contributed by atoms with E-state index in [0.29, 0.717) is 65.5 Å². The molecule has 0 aromatic carbocycles. The highest BCUT2D eigenvalue weighted by atomic mass is 16.6. The largest absolute Gasteiger partial charge is 0.450 e. The molecule has 1 saturated heterocycles. The molecule has 180 valence electrons. The molecule has 1 fully saturated rings. The van der Waals surface area contributed by atoms with E-state index in [-0.39, 0.29) is 12.2 Å². The van der Waals surface area contributed by atoms with Gasteiger partial charge in [0.25, 0.3) is 0 Å². The Kier molecular flexibility index (Phi) is 12.6. The lowest BCUT2D eigenvalue weighted by atomic mass is 10.2. The van der Waals surface area contributed by atoms with Gasteiger partial charge in [0.1, 0.15) is 5.60 Å². The normalized spacial score (nSPS) is 18.2. The van der Waals surface area contributed by atoms with Gasteiger partial charge < -0.3 is 19.3 Å². The lowest BCUT2D eigenvalue weighted by Gasteiger charge is -2.32. The summed E-state index contributed by atoms with van der Waals surface area (Å²) >= 11 is 0. The minimum atomic E-state index is -0.555. The standard InChI is InChI=1S/C24H40N4O4/c1-7-12-25-15-11-17-28(23(30)32-24(4,5)6)21-19-26(13-8-2)14-10-16-27(20-18-25)22(29)31-9-3/h1-2H,9-21H2,3-6H3. The fourth-order valence-corrected chi connectivity index (χ4v) is 3.42. The molecule has 0 radical (unpaired) electrons. The lowest BCUT2D eigenvalue weighted by Crippen LogP contribution is -2.45. The topological polar surface area (TPSA) is 65.6 Å². The van der Waals surface area contributed by atoms with E-state index in [9.17, 15) is 9.59 Å². The molecule has 0 saturated carbocycles. The third kappa shape index (κ3) is 11.3. The Morgan fingerprint density at radius 2 is 1.25 bits per heavy atom. The molecule has 8 heteroatoms. The van der Waals surface area contributed by atoms with Crippen LogP contribution < -0.4 is 0 Å². The monoisotopic (exact) mass is 448 g/mol. The van der Waals surface area contributed by atoms with Gasteiger partial charge in [-0.2, -0.15) is 0 Å². The van der Waals surface area contributed by atoms with Crippen molar-refractivity contribution in [2.75, 3.05) is 72.1 Å². The van der Waals surface area contributed by atoms with Gasteiger partial charge in [0.15, 0.2) is 0 Å². The van der Waals surface area contributed by atoms with Crippen molar-refractivity contribution in [1.82, 2.24) is 19.6 Å². The molecule has 1 aliphatic heterocycles. The van der Waals surface area contributed by atoms with Gasteiger partial charge in [0, 0.05) is 52.4 Å². The molecule has 1 rings (SSSR count). The Bertz CT molecular complexity index is 662. The minimum absolute atomic E-state index is 0.306. The molecule has 0 aliphatic carbocycles. The van der Waals surface area contributed by atoms with Crippen LogP contribution in [0, 0.1) is 24.7 Å². The van der Waals surface area contributed by atoms with E-state index in [1.807, 2.05) is 20.8 Å². The summed E-state index contributed by atoms with van der Waals surface area (Å²) in [6.07, 6.45) is 12.0. The third-order valence-corrected chi connectivity index (χ3v) is 4.98. The number of hydrogen-bond donors (Lipinski definition) is 0. The van der Waals surface area contributed by atoms with Crippen molar-refractivity contribution >= 4 is 12.2 Å². The Morgan fingerprint density at radius 1 is 0.781 bits per heavy atom. The average molecular weight is 449 g/mol. The highest BCUT2D eigenvalue weighted by Crippen LogP contribution is 2.11. The summed E-state index contributed by atoms with van der Waals surface area (Å²) in [5.41, 5.74) is -0.555. The van der Waals surface area contributed by atoms with Crippen LogP contribution in [0.25, 0.3) is 0 Å². The summed E-state index contributed by atoms with van der Waals surface area (Å²) < 4.78 is 10.8. The molecule has 0 aromatic rings. The van der Waals surface area contributed by atoms with Gasteiger partial charge in [0.2, 0.25) is 0 Å². The molecule has 2 amide bonds. The molecule has 1 heterocycles. The fraction of sp³-hybridized carbons (Fsp3) is 0.750. The highest BCUT2D eigenvalue weighted by Gasteiger charge is 2.23. The van der Waals surface area contributed by atoms with Gasteiger partial charge in [-0.25, -0.2) is 9.59 Å². The number of ether oxygens (including phenoxy) is 2. The van der Waals surface area contributed by atoms with Crippen LogP contribution in [0.2, 0.25) is 0 Å². The van der Waals surface area contributed by atoms with Gasteiger partial charge in [-0.1, -0.05) is 11.8 Å². The van der Waals surface area contributed by atoms with E-state index in [1.54, 1.807) is 16.7 Å². The van der Waals surface area contributed by atoms with Gasteiger partial charge in [0.05, 0.1) is 19.7 Å². The zero-order chi connectivity index (χ0) is 24.0. The molecule has 8 nitrogen and oxygen atoms in total. The van der Waals surface area contributed by atoms with Crippen molar-refractivity contribution in [3.63, 3.8) is 0 Å². The first-order valence-electron chi connectivity index (χ1n) is 11.4. The van der Waals surface area contributed by atoms with E-state index < -0.39 is 5.60 Å². The molecule has 0 bridgehead atoms. The maximum absolute atomic E-state index is 12.7. The zero-order valence-electron chi connectivity index (χ0n) is 20.3. The Hall–Kier alpha value is -2.42. The molecular weight excluding hydrogens is 408 g/mol. The molecule has 0 aromatic heterocycles. The van der Waals surface area contributed by atoms with Crippen LogP contribution in [0.4, 0.5) is 9.59 Å². The van der Waals surface area contributed by atoms with Crippen LogP contribution in [0.1, 0.15) is 40.5 Å². The highest BCUT2D eigenvalue weighted by molar-refractivity contribution is 5.68. The van der Waals surface area contributed by atoms with E-state index in [1.165, 1.54) is 0 Å².